The van der Waals surface area contributed by atoms with E-state index in [4.69, 9.17) is 5.26 Å². The van der Waals surface area contributed by atoms with Crippen LogP contribution in [0.3, 0.4) is 0 Å². The third-order valence-electron chi connectivity index (χ3n) is 3.85. The SMILES string of the molecule is C=C(C#N)CNc1c(C(=O)O)ccc2ccc(-c3ccccn3)cc12. The third kappa shape index (κ3) is 3.33. The van der Waals surface area contributed by atoms with Gasteiger partial charge in [0.05, 0.1) is 23.0 Å². The van der Waals surface area contributed by atoms with Gasteiger partial charge in [-0.1, -0.05) is 30.8 Å². The molecule has 0 aliphatic carbocycles. The summed E-state index contributed by atoms with van der Waals surface area (Å²) in [6.07, 6.45) is 1.71. The van der Waals surface area contributed by atoms with E-state index < -0.39 is 5.97 Å². The molecule has 5 nitrogen and oxygen atoms in total. The Labute approximate surface area is 144 Å². The number of hydrogen-bond acceptors (Lipinski definition) is 4. The first-order valence-electron chi connectivity index (χ1n) is 7.63. The number of carboxylic acids is 1. The van der Waals surface area contributed by atoms with Crippen LogP contribution in [0.25, 0.3) is 22.0 Å². The summed E-state index contributed by atoms with van der Waals surface area (Å²) < 4.78 is 0. The smallest absolute Gasteiger partial charge is 0.337 e. The number of aromatic nitrogens is 1. The van der Waals surface area contributed by atoms with E-state index in [0.717, 1.165) is 22.0 Å². The Bertz CT molecular complexity index is 1000. The van der Waals surface area contributed by atoms with Crippen molar-refractivity contribution < 1.29 is 9.90 Å². The molecular weight excluding hydrogens is 314 g/mol. The highest BCUT2D eigenvalue weighted by atomic mass is 16.4. The zero-order valence-electron chi connectivity index (χ0n) is 13.4. The Hall–Kier alpha value is -3.65. The van der Waals surface area contributed by atoms with E-state index >= 15 is 0 Å². The van der Waals surface area contributed by atoms with Crippen molar-refractivity contribution in [3.8, 4) is 17.3 Å². The first kappa shape index (κ1) is 16.2. The number of fused-ring (bicyclic) bond motifs is 1. The average molecular weight is 329 g/mol. The summed E-state index contributed by atoms with van der Waals surface area (Å²) in [6, 6.07) is 16.7. The Balaban J connectivity index is 2.17. The molecule has 3 rings (SSSR count). The zero-order valence-corrected chi connectivity index (χ0v) is 13.4. The Morgan fingerprint density at radius 3 is 2.72 bits per heavy atom. The highest BCUT2D eigenvalue weighted by molar-refractivity contribution is 6.06. The molecule has 0 spiro atoms. The molecule has 0 saturated heterocycles. The van der Waals surface area contributed by atoms with Gasteiger partial charge in [0, 0.05) is 29.3 Å². The molecule has 3 aromatic rings. The highest BCUT2D eigenvalue weighted by Crippen LogP contribution is 2.31. The minimum Gasteiger partial charge on any atom is -0.478 e. The normalized spacial score (nSPS) is 10.2. The van der Waals surface area contributed by atoms with Gasteiger partial charge in [-0.2, -0.15) is 5.26 Å². The molecule has 2 aromatic carbocycles. The van der Waals surface area contributed by atoms with Crippen molar-refractivity contribution in [2.45, 2.75) is 0 Å². The summed E-state index contributed by atoms with van der Waals surface area (Å²) in [6.45, 7) is 3.81. The third-order valence-corrected chi connectivity index (χ3v) is 3.85. The largest absolute Gasteiger partial charge is 0.478 e. The minimum absolute atomic E-state index is 0.149. The molecule has 25 heavy (non-hydrogen) atoms. The minimum atomic E-state index is -1.03. The van der Waals surface area contributed by atoms with E-state index in [0.29, 0.717) is 11.3 Å². The van der Waals surface area contributed by atoms with Crippen molar-refractivity contribution in [2.24, 2.45) is 0 Å². The number of nitriles is 1. The van der Waals surface area contributed by atoms with Crippen molar-refractivity contribution in [3.05, 3.63) is 72.4 Å². The van der Waals surface area contributed by atoms with Gasteiger partial charge in [0.25, 0.3) is 0 Å². The molecule has 0 unspecified atom stereocenters. The van der Waals surface area contributed by atoms with Gasteiger partial charge >= 0.3 is 5.97 Å². The van der Waals surface area contributed by atoms with Crippen LogP contribution in [0, 0.1) is 11.3 Å². The summed E-state index contributed by atoms with van der Waals surface area (Å²) in [4.78, 5) is 15.9. The number of pyridine rings is 1. The van der Waals surface area contributed by atoms with Crippen molar-refractivity contribution in [1.82, 2.24) is 4.98 Å². The summed E-state index contributed by atoms with van der Waals surface area (Å²) >= 11 is 0. The van der Waals surface area contributed by atoms with Crippen LogP contribution in [-0.2, 0) is 0 Å². The summed E-state index contributed by atoms with van der Waals surface area (Å²) in [5.74, 6) is -1.03. The van der Waals surface area contributed by atoms with E-state index in [2.05, 4.69) is 16.9 Å². The van der Waals surface area contributed by atoms with Crippen molar-refractivity contribution >= 4 is 22.4 Å². The molecule has 0 fully saturated rings. The molecule has 0 saturated carbocycles. The highest BCUT2D eigenvalue weighted by Gasteiger charge is 2.14. The number of rotatable bonds is 5. The first-order chi connectivity index (χ1) is 12.1. The lowest BCUT2D eigenvalue weighted by Crippen LogP contribution is -2.09. The van der Waals surface area contributed by atoms with Crippen LogP contribution in [0.5, 0.6) is 0 Å². The molecule has 0 aliphatic rings. The number of nitrogens with one attached hydrogen (secondary N) is 1. The lowest BCUT2D eigenvalue weighted by atomic mass is 9.99. The molecule has 0 atom stereocenters. The van der Waals surface area contributed by atoms with E-state index in [9.17, 15) is 9.90 Å². The molecular formula is C20H15N3O2. The van der Waals surface area contributed by atoms with E-state index in [1.807, 2.05) is 42.5 Å². The fraction of sp³-hybridized carbons (Fsp3) is 0.0500. The standard InChI is InChI=1S/C20H15N3O2/c1-13(11-21)12-23-19-16(20(24)25)8-7-14-5-6-15(10-17(14)19)18-4-2-3-9-22-18/h2-10,23H,1,12H2,(H,24,25). The average Bonchev–Trinajstić information content (AvgIpc) is 2.65. The van der Waals surface area contributed by atoms with Gasteiger partial charge in [-0.05, 0) is 29.7 Å². The van der Waals surface area contributed by atoms with Crippen LogP contribution >= 0.6 is 0 Å². The Morgan fingerprint density at radius 2 is 2.04 bits per heavy atom. The maximum atomic E-state index is 11.6. The van der Waals surface area contributed by atoms with Gasteiger partial charge in [0.1, 0.15) is 0 Å². The Morgan fingerprint density at radius 1 is 1.24 bits per heavy atom. The zero-order chi connectivity index (χ0) is 17.8. The Kier molecular flexibility index (Phi) is 4.44. The van der Waals surface area contributed by atoms with Crippen molar-refractivity contribution in [3.63, 3.8) is 0 Å². The van der Waals surface area contributed by atoms with Crippen LogP contribution < -0.4 is 5.32 Å². The monoisotopic (exact) mass is 329 g/mol. The molecule has 0 radical (unpaired) electrons. The van der Waals surface area contributed by atoms with Gasteiger partial charge in [0.2, 0.25) is 0 Å². The van der Waals surface area contributed by atoms with Crippen LogP contribution in [0.1, 0.15) is 10.4 Å². The topological polar surface area (TPSA) is 86.0 Å². The summed E-state index contributed by atoms with van der Waals surface area (Å²) in [7, 11) is 0. The number of nitrogens with zero attached hydrogens (tertiary/aromatic N) is 2. The van der Waals surface area contributed by atoms with E-state index in [-0.39, 0.29) is 12.1 Å². The molecule has 0 amide bonds. The van der Waals surface area contributed by atoms with Crippen LogP contribution in [-0.4, -0.2) is 22.6 Å². The van der Waals surface area contributed by atoms with Gasteiger partial charge < -0.3 is 10.4 Å². The molecule has 1 aromatic heterocycles. The summed E-state index contributed by atoms with van der Waals surface area (Å²) in [5.41, 5.74) is 2.64. The maximum Gasteiger partial charge on any atom is 0.337 e. The second-order valence-electron chi connectivity index (χ2n) is 5.51. The lowest BCUT2D eigenvalue weighted by Gasteiger charge is -2.13. The van der Waals surface area contributed by atoms with E-state index in [1.165, 1.54) is 0 Å². The predicted octanol–water partition coefficient (Wildman–Crippen LogP) is 4.09. The van der Waals surface area contributed by atoms with Crippen molar-refractivity contribution in [1.29, 1.82) is 5.26 Å². The van der Waals surface area contributed by atoms with Crippen LogP contribution in [0.2, 0.25) is 0 Å². The second kappa shape index (κ2) is 6.85. The number of anilines is 1. The summed E-state index contributed by atoms with van der Waals surface area (Å²) in [5, 5.41) is 23.1. The maximum absolute atomic E-state index is 11.6. The molecule has 5 heteroatoms. The van der Waals surface area contributed by atoms with Gasteiger partial charge in [-0.3, -0.25) is 4.98 Å². The predicted molar refractivity (Wildman–Crippen MR) is 97.4 cm³/mol. The molecule has 0 bridgehead atoms. The number of hydrogen-bond donors (Lipinski definition) is 2. The first-order valence-corrected chi connectivity index (χ1v) is 7.63. The quantitative estimate of drug-likeness (QED) is 0.689. The molecule has 0 aliphatic heterocycles. The van der Waals surface area contributed by atoms with Gasteiger partial charge in [0.15, 0.2) is 0 Å². The fourth-order valence-corrected chi connectivity index (χ4v) is 2.62. The number of aromatic carboxylic acids is 1. The van der Waals surface area contributed by atoms with E-state index in [1.54, 1.807) is 18.3 Å². The number of benzene rings is 2. The van der Waals surface area contributed by atoms with Crippen molar-refractivity contribution in [2.75, 3.05) is 11.9 Å². The number of carbonyl (C=O) groups is 1. The lowest BCUT2D eigenvalue weighted by molar-refractivity contribution is 0.0698. The molecule has 2 N–H and O–H groups in total. The molecule has 122 valence electrons. The van der Waals surface area contributed by atoms with Crippen LogP contribution in [0.15, 0.2) is 66.9 Å². The second-order valence-corrected chi connectivity index (χ2v) is 5.51. The number of carboxylic acid groups (broad SMARTS) is 1. The van der Waals surface area contributed by atoms with Crippen LogP contribution in [0.4, 0.5) is 5.69 Å². The molecule has 1 heterocycles. The van der Waals surface area contributed by atoms with Gasteiger partial charge in [-0.25, -0.2) is 4.79 Å². The fourth-order valence-electron chi connectivity index (χ4n) is 2.62. The van der Waals surface area contributed by atoms with Gasteiger partial charge in [-0.15, -0.1) is 0 Å².